The van der Waals surface area contributed by atoms with E-state index in [1.807, 2.05) is 0 Å². The van der Waals surface area contributed by atoms with Crippen molar-refractivity contribution in [1.29, 1.82) is 0 Å². The zero-order valence-corrected chi connectivity index (χ0v) is 9.29. The maximum Gasteiger partial charge on any atom is 0.0459 e. The molecule has 1 aliphatic heterocycles. The van der Waals surface area contributed by atoms with Crippen LogP contribution in [0.25, 0.3) is 10.9 Å². The number of para-hydroxylation sites is 1. The van der Waals surface area contributed by atoms with Gasteiger partial charge >= 0.3 is 0 Å². The third kappa shape index (κ3) is 1.05. The Morgan fingerprint density at radius 3 is 3.06 bits per heavy atom. The maximum absolute atomic E-state index is 3.60. The lowest BCUT2D eigenvalue weighted by Gasteiger charge is -2.24. The zero-order valence-electron chi connectivity index (χ0n) is 9.29. The number of fused-ring (bicyclic) bond motifs is 5. The minimum Gasteiger partial charge on any atom is -0.358 e. The van der Waals surface area contributed by atoms with Crippen molar-refractivity contribution in [2.45, 2.75) is 18.8 Å². The molecular formula is C14H16N2. The van der Waals surface area contributed by atoms with E-state index in [-0.39, 0.29) is 0 Å². The molecule has 0 saturated carbocycles. The van der Waals surface area contributed by atoms with Crippen LogP contribution in [0.1, 0.15) is 23.6 Å². The Morgan fingerprint density at radius 1 is 1.12 bits per heavy atom. The third-order valence-electron chi connectivity index (χ3n) is 4.30. The fraction of sp³-hybridized carbons (Fsp3) is 0.429. The van der Waals surface area contributed by atoms with Gasteiger partial charge in [0.05, 0.1) is 0 Å². The van der Waals surface area contributed by atoms with E-state index >= 15 is 0 Å². The summed E-state index contributed by atoms with van der Waals surface area (Å²) in [6.07, 6.45) is 2.57. The Kier molecular flexibility index (Phi) is 1.71. The largest absolute Gasteiger partial charge is 0.358 e. The van der Waals surface area contributed by atoms with E-state index in [9.17, 15) is 0 Å². The van der Waals surface area contributed by atoms with E-state index in [4.69, 9.17) is 0 Å². The molecule has 2 heterocycles. The Hall–Kier alpha value is -1.28. The van der Waals surface area contributed by atoms with E-state index in [0.717, 1.165) is 11.8 Å². The molecule has 2 atom stereocenters. The lowest BCUT2D eigenvalue weighted by atomic mass is 9.79. The van der Waals surface area contributed by atoms with Gasteiger partial charge in [0, 0.05) is 29.1 Å². The lowest BCUT2D eigenvalue weighted by molar-refractivity contribution is 0.451. The van der Waals surface area contributed by atoms with Crippen LogP contribution in [0, 0.1) is 5.92 Å². The molecule has 2 aromatic rings. The summed E-state index contributed by atoms with van der Waals surface area (Å²) in [6.45, 7) is 2.38. The Bertz CT molecular complexity index is 541. The standard InChI is InChI=1S/C14H16N2/c1-2-4-12-10(3-1)14-11-8-15-7-9(11)5-6-13(14)16-12/h1-4,9,11,15-16H,5-8H2/t9-,11?/m0/s1. The predicted molar refractivity (Wildman–Crippen MR) is 65.7 cm³/mol. The average molecular weight is 212 g/mol. The first kappa shape index (κ1) is 8.82. The minimum atomic E-state index is 0.750. The normalized spacial score (nSPS) is 28.0. The van der Waals surface area contributed by atoms with E-state index in [2.05, 4.69) is 34.6 Å². The summed E-state index contributed by atoms with van der Waals surface area (Å²) in [6, 6.07) is 8.74. The van der Waals surface area contributed by atoms with Crippen molar-refractivity contribution in [3.8, 4) is 0 Å². The van der Waals surface area contributed by atoms with Crippen molar-refractivity contribution < 1.29 is 0 Å². The molecule has 2 N–H and O–H groups in total. The summed E-state index contributed by atoms with van der Waals surface area (Å²) in [5.74, 6) is 1.62. The van der Waals surface area contributed by atoms with Crippen molar-refractivity contribution in [1.82, 2.24) is 10.3 Å². The van der Waals surface area contributed by atoms with Gasteiger partial charge < -0.3 is 10.3 Å². The summed E-state index contributed by atoms with van der Waals surface area (Å²) in [7, 11) is 0. The number of aromatic amines is 1. The van der Waals surface area contributed by atoms with E-state index in [0.29, 0.717) is 0 Å². The van der Waals surface area contributed by atoms with Crippen LogP contribution in [0.2, 0.25) is 0 Å². The number of rotatable bonds is 0. The molecule has 0 radical (unpaired) electrons. The number of H-pyrrole nitrogens is 1. The number of aromatic nitrogens is 1. The van der Waals surface area contributed by atoms with Gasteiger partial charge in [-0.25, -0.2) is 0 Å². The summed E-state index contributed by atoms with van der Waals surface area (Å²) in [5, 5.41) is 5.00. The van der Waals surface area contributed by atoms with Crippen molar-refractivity contribution in [2.24, 2.45) is 5.92 Å². The molecule has 1 aliphatic carbocycles. The van der Waals surface area contributed by atoms with E-state index in [1.165, 1.54) is 42.5 Å². The Morgan fingerprint density at radius 2 is 2.06 bits per heavy atom. The van der Waals surface area contributed by atoms with Gasteiger partial charge in [-0.1, -0.05) is 18.2 Å². The molecule has 2 nitrogen and oxygen atoms in total. The van der Waals surface area contributed by atoms with Gasteiger partial charge in [-0.05, 0) is 36.9 Å². The molecule has 2 aliphatic rings. The SMILES string of the molecule is c1ccc2c3c([nH]c2c1)CC[C@H]1CNCC31. The highest BCUT2D eigenvalue weighted by Gasteiger charge is 2.35. The summed E-state index contributed by atoms with van der Waals surface area (Å²) in [5.41, 5.74) is 4.42. The molecule has 1 saturated heterocycles. The molecule has 82 valence electrons. The van der Waals surface area contributed by atoms with E-state index < -0.39 is 0 Å². The first-order chi connectivity index (χ1) is 7.93. The van der Waals surface area contributed by atoms with Crippen LogP contribution in [0.15, 0.2) is 24.3 Å². The molecule has 0 spiro atoms. The Balaban J connectivity index is 1.99. The van der Waals surface area contributed by atoms with Crippen LogP contribution in [-0.2, 0) is 6.42 Å². The zero-order chi connectivity index (χ0) is 10.5. The minimum absolute atomic E-state index is 0.750. The quantitative estimate of drug-likeness (QED) is 0.689. The van der Waals surface area contributed by atoms with Crippen LogP contribution in [0.3, 0.4) is 0 Å². The highest BCUT2D eigenvalue weighted by molar-refractivity contribution is 5.85. The number of benzene rings is 1. The Labute approximate surface area is 95.1 Å². The highest BCUT2D eigenvalue weighted by Crippen LogP contribution is 2.41. The summed E-state index contributed by atoms with van der Waals surface area (Å²) >= 11 is 0. The summed E-state index contributed by atoms with van der Waals surface area (Å²) < 4.78 is 0. The number of aryl methyl sites for hydroxylation is 1. The van der Waals surface area contributed by atoms with Crippen LogP contribution in [0.4, 0.5) is 0 Å². The van der Waals surface area contributed by atoms with Gasteiger partial charge in [-0.2, -0.15) is 0 Å². The predicted octanol–water partition coefficient (Wildman–Crippen LogP) is 2.42. The first-order valence-corrected chi connectivity index (χ1v) is 6.23. The molecule has 4 rings (SSSR count). The third-order valence-corrected chi connectivity index (χ3v) is 4.30. The van der Waals surface area contributed by atoms with Crippen molar-refractivity contribution >= 4 is 10.9 Å². The number of hydrogen-bond acceptors (Lipinski definition) is 1. The van der Waals surface area contributed by atoms with Crippen LogP contribution in [-0.4, -0.2) is 18.1 Å². The highest BCUT2D eigenvalue weighted by atomic mass is 14.9. The van der Waals surface area contributed by atoms with Crippen LogP contribution in [0.5, 0.6) is 0 Å². The molecule has 2 heteroatoms. The van der Waals surface area contributed by atoms with Gasteiger partial charge in [0.1, 0.15) is 0 Å². The van der Waals surface area contributed by atoms with Gasteiger partial charge in [-0.3, -0.25) is 0 Å². The molecule has 16 heavy (non-hydrogen) atoms. The monoisotopic (exact) mass is 212 g/mol. The molecule has 1 fully saturated rings. The van der Waals surface area contributed by atoms with Crippen LogP contribution >= 0.6 is 0 Å². The van der Waals surface area contributed by atoms with Gasteiger partial charge in [0.2, 0.25) is 0 Å². The smallest absolute Gasteiger partial charge is 0.0459 e. The fourth-order valence-electron chi connectivity index (χ4n) is 3.54. The molecule has 1 unspecified atom stereocenters. The fourth-order valence-corrected chi connectivity index (χ4v) is 3.54. The average Bonchev–Trinajstić information content (AvgIpc) is 2.91. The van der Waals surface area contributed by atoms with Crippen molar-refractivity contribution in [3.63, 3.8) is 0 Å². The molecular weight excluding hydrogens is 196 g/mol. The first-order valence-electron chi connectivity index (χ1n) is 6.23. The number of nitrogens with one attached hydrogen (secondary N) is 2. The second-order valence-electron chi connectivity index (χ2n) is 5.13. The van der Waals surface area contributed by atoms with Gasteiger partial charge in [0.25, 0.3) is 0 Å². The second kappa shape index (κ2) is 3.11. The van der Waals surface area contributed by atoms with Crippen LogP contribution < -0.4 is 5.32 Å². The molecule has 1 aromatic heterocycles. The topological polar surface area (TPSA) is 27.8 Å². The number of hydrogen-bond donors (Lipinski definition) is 2. The van der Waals surface area contributed by atoms with Gasteiger partial charge in [-0.15, -0.1) is 0 Å². The summed E-state index contributed by atoms with van der Waals surface area (Å²) in [4.78, 5) is 3.60. The van der Waals surface area contributed by atoms with Gasteiger partial charge in [0.15, 0.2) is 0 Å². The molecule has 1 aromatic carbocycles. The van der Waals surface area contributed by atoms with Crippen molar-refractivity contribution in [3.05, 3.63) is 35.5 Å². The maximum atomic E-state index is 3.60. The lowest BCUT2D eigenvalue weighted by Crippen LogP contribution is -2.18. The molecule has 0 bridgehead atoms. The van der Waals surface area contributed by atoms with E-state index in [1.54, 1.807) is 5.56 Å². The molecule has 0 amide bonds. The second-order valence-corrected chi connectivity index (χ2v) is 5.13. The van der Waals surface area contributed by atoms with Crippen molar-refractivity contribution in [2.75, 3.05) is 13.1 Å².